The smallest absolute Gasteiger partial charge is 0.340 e. The van der Waals surface area contributed by atoms with Crippen molar-refractivity contribution in [2.45, 2.75) is 12.6 Å². The molecule has 4 heterocycles. The highest BCUT2D eigenvalue weighted by molar-refractivity contribution is 5.93. The molecule has 1 amide bonds. The Bertz CT molecular complexity index is 1490. The van der Waals surface area contributed by atoms with E-state index < -0.39 is 23.3 Å². The van der Waals surface area contributed by atoms with Crippen LogP contribution in [0.3, 0.4) is 0 Å². The fourth-order valence-corrected chi connectivity index (χ4v) is 3.69. The SMILES string of the molecule is CN(CC(Cn1cnc2c1c(=O)n(C)c(=O)n2C)OC(=O)c1cccnc1)C(=O)c1cccnc1. The number of likely N-dealkylation sites (N-methyl/N-ethyl adjacent to an activating group) is 1. The molecule has 4 aromatic rings. The molecule has 0 spiro atoms. The third-order valence-electron chi connectivity index (χ3n) is 5.52. The van der Waals surface area contributed by atoms with Crippen LogP contribution in [0.15, 0.2) is 65.0 Å². The lowest BCUT2D eigenvalue weighted by Gasteiger charge is -2.25. The van der Waals surface area contributed by atoms with Crippen molar-refractivity contribution in [1.82, 2.24) is 33.6 Å². The van der Waals surface area contributed by atoms with E-state index in [-0.39, 0.29) is 35.7 Å². The molecule has 35 heavy (non-hydrogen) atoms. The Morgan fingerprint density at radius 2 is 1.69 bits per heavy atom. The van der Waals surface area contributed by atoms with Gasteiger partial charge in [-0.25, -0.2) is 14.6 Å². The summed E-state index contributed by atoms with van der Waals surface area (Å²) in [5.41, 5.74) is -0.0304. The number of ether oxygens (including phenoxy) is 1. The molecule has 0 N–H and O–H groups in total. The average molecular weight is 477 g/mol. The number of fused-ring (bicyclic) bond motifs is 1. The second-order valence-electron chi connectivity index (χ2n) is 7.97. The first-order chi connectivity index (χ1) is 16.8. The Kier molecular flexibility index (Phi) is 6.53. The molecule has 1 unspecified atom stereocenters. The van der Waals surface area contributed by atoms with E-state index in [9.17, 15) is 19.2 Å². The van der Waals surface area contributed by atoms with Crippen LogP contribution in [0, 0.1) is 0 Å². The molecule has 0 aliphatic heterocycles. The van der Waals surface area contributed by atoms with Gasteiger partial charge in [0.1, 0.15) is 6.10 Å². The summed E-state index contributed by atoms with van der Waals surface area (Å²) >= 11 is 0. The third kappa shape index (κ3) is 4.71. The summed E-state index contributed by atoms with van der Waals surface area (Å²) in [6.07, 6.45) is 6.47. The predicted molar refractivity (Wildman–Crippen MR) is 125 cm³/mol. The lowest BCUT2D eigenvalue weighted by molar-refractivity contribution is 0.0173. The molecule has 180 valence electrons. The summed E-state index contributed by atoms with van der Waals surface area (Å²) in [4.78, 5) is 64.2. The lowest BCUT2D eigenvalue weighted by atomic mass is 10.2. The first-order valence-electron chi connectivity index (χ1n) is 10.6. The molecule has 0 aromatic carbocycles. The van der Waals surface area contributed by atoms with E-state index in [2.05, 4.69) is 15.0 Å². The largest absolute Gasteiger partial charge is 0.455 e. The Morgan fingerprint density at radius 1 is 1.03 bits per heavy atom. The highest BCUT2D eigenvalue weighted by Crippen LogP contribution is 2.12. The van der Waals surface area contributed by atoms with Gasteiger partial charge >= 0.3 is 11.7 Å². The first kappa shape index (κ1) is 23.5. The van der Waals surface area contributed by atoms with Gasteiger partial charge in [-0.05, 0) is 24.3 Å². The highest BCUT2D eigenvalue weighted by atomic mass is 16.5. The molecular formula is C23H23N7O5. The number of carbonyl (C=O) groups is 2. The number of amides is 1. The van der Waals surface area contributed by atoms with Gasteiger partial charge in [0.25, 0.3) is 11.5 Å². The molecule has 12 nitrogen and oxygen atoms in total. The molecule has 1 atom stereocenters. The van der Waals surface area contributed by atoms with Crippen LogP contribution in [-0.2, 0) is 25.4 Å². The van der Waals surface area contributed by atoms with E-state index >= 15 is 0 Å². The van der Waals surface area contributed by atoms with E-state index in [0.717, 1.165) is 4.57 Å². The average Bonchev–Trinajstić information content (AvgIpc) is 3.30. The molecule has 0 aliphatic rings. The van der Waals surface area contributed by atoms with E-state index in [4.69, 9.17) is 4.74 Å². The zero-order valence-electron chi connectivity index (χ0n) is 19.4. The van der Waals surface area contributed by atoms with Crippen LogP contribution in [0.5, 0.6) is 0 Å². The van der Waals surface area contributed by atoms with E-state index in [1.807, 2.05) is 0 Å². The number of carbonyl (C=O) groups excluding carboxylic acids is 2. The fourth-order valence-electron chi connectivity index (χ4n) is 3.69. The van der Waals surface area contributed by atoms with Gasteiger partial charge in [-0.1, -0.05) is 0 Å². The molecule has 0 radical (unpaired) electrons. The van der Waals surface area contributed by atoms with Crippen molar-refractivity contribution in [3.63, 3.8) is 0 Å². The van der Waals surface area contributed by atoms with Crippen molar-refractivity contribution < 1.29 is 14.3 Å². The van der Waals surface area contributed by atoms with Gasteiger partial charge in [-0.3, -0.25) is 28.7 Å². The fraction of sp³-hybridized carbons (Fsp3) is 0.261. The maximum atomic E-state index is 12.9. The molecule has 0 saturated heterocycles. The topological polar surface area (TPSA) is 134 Å². The molecule has 0 aliphatic carbocycles. The molecule has 12 heteroatoms. The number of nitrogens with zero attached hydrogens (tertiary/aromatic N) is 7. The summed E-state index contributed by atoms with van der Waals surface area (Å²) in [5.74, 6) is -0.940. The van der Waals surface area contributed by atoms with Crippen LogP contribution in [0.2, 0.25) is 0 Å². The van der Waals surface area contributed by atoms with Crippen LogP contribution in [0.1, 0.15) is 20.7 Å². The Balaban J connectivity index is 1.66. The molecule has 4 aromatic heterocycles. The van der Waals surface area contributed by atoms with E-state index in [0.29, 0.717) is 5.56 Å². The second kappa shape index (κ2) is 9.71. The number of aryl methyl sites for hydroxylation is 1. The zero-order valence-corrected chi connectivity index (χ0v) is 19.4. The quantitative estimate of drug-likeness (QED) is 0.345. The maximum Gasteiger partial charge on any atom is 0.340 e. The number of aromatic nitrogens is 6. The monoisotopic (exact) mass is 477 g/mol. The summed E-state index contributed by atoms with van der Waals surface area (Å²) < 4.78 is 9.49. The molecular weight excluding hydrogens is 454 g/mol. The highest BCUT2D eigenvalue weighted by Gasteiger charge is 2.24. The minimum absolute atomic E-state index is 0.0145. The Hall–Kier alpha value is -4.61. The predicted octanol–water partition coefficient (Wildman–Crippen LogP) is 0.222. The molecule has 0 saturated carbocycles. The minimum atomic E-state index is -0.854. The lowest BCUT2D eigenvalue weighted by Crippen LogP contribution is -2.40. The van der Waals surface area contributed by atoms with Crippen LogP contribution < -0.4 is 11.2 Å². The Morgan fingerprint density at radius 3 is 2.31 bits per heavy atom. The molecule has 4 rings (SSSR count). The van der Waals surface area contributed by atoms with Crippen molar-refractivity contribution in [1.29, 1.82) is 0 Å². The number of imidazole rings is 1. The van der Waals surface area contributed by atoms with Crippen molar-refractivity contribution in [2.24, 2.45) is 14.1 Å². The van der Waals surface area contributed by atoms with Crippen LogP contribution in [0.4, 0.5) is 0 Å². The number of hydrogen-bond donors (Lipinski definition) is 0. The van der Waals surface area contributed by atoms with Gasteiger partial charge in [0.05, 0.1) is 30.5 Å². The van der Waals surface area contributed by atoms with E-state index in [1.165, 1.54) is 53.0 Å². The normalized spacial score (nSPS) is 11.9. The van der Waals surface area contributed by atoms with Crippen molar-refractivity contribution in [3.8, 4) is 0 Å². The number of hydrogen-bond acceptors (Lipinski definition) is 8. The zero-order chi connectivity index (χ0) is 25.1. The van der Waals surface area contributed by atoms with Gasteiger partial charge in [0.2, 0.25) is 0 Å². The van der Waals surface area contributed by atoms with Gasteiger partial charge < -0.3 is 14.2 Å². The van der Waals surface area contributed by atoms with Crippen LogP contribution >= 0.6 is 0 Å². The second-order valence-corrected chi connectivity index (χ2v) is 7.97. The summed E-state index contributed by atoms with van der Waals surface area (Å²) in [5, 5.41) is 0. The Labute approximate surface area is 199 Å². The van der Waals surface area contributed by atoms with Crippen molar-refractivity contribution in [2.75, 3.05) is 13.6 Å². The first-order valence-corrected chi connectivity index (χ1v) is 10.6. The number of pyridine rings is 2. The van der Waals surface area contributed by atoms with Gasteiger partial charge in [0, 0.05) is 45.9 Å². The molecule has 0 bridgehead atoms. The summed E-state index contributed by atoms with van der Waals surface area (Å²) in [7, 11) is 4.47. The van der Waals surface area contributed by atoms with Crippen LogP contribution in [0.25, 0.3) is 11.2 Å². The van der Waals surface area contributed by atoms with E-state index in [1.54, 1.807) is 37.5 Å². The summed E-state index contributed by atoms with van der Waals surface area (Å²) in [6, 6.07) is 6.46. The standard InChI is InChI=1S/C23H23N7O5/c1-27(20(31)15-6-4-8-24-10-15)12-17(35-22(33)16-7-5-9-25-11-16)13-30-14-26-19-18(30)21(32)29(3)23(34)28(19)2/h4-11,14,17H,12-13H2,1-3H3. The van der Waals surface area contributed by atoms with Gasteiger partial charge in [-0.15, -0.1) is 0 Å². The third-order valence-corrected chi connectivity index (χ3v) is 5.52. The van der Waals surface area contributed by atoms with Crippen molar-refractivity contribution >= 4 is 23.0 Å². The summed E-state index contributed by atoms with van der Waals surface area (Å²) in [6.45, 7) is 0.0338. The maximum absolute atomic E-state index is 12.9. The number of esters is 1. The minimum Gasteiger partial charge on any atom is -0.455 e. The number of rotatable bonds is 7. The van der Waals surface area contributed by atoms with Gasteiger partial charge in [-0.2, -0.15) is 0 Å². The van der Waals surface area contributed by atoms with Crippen LogP contribution in [-0.4, -0.2) is 65.1 Å². The van der Waals surface area contributed by atoms with Gasteiger partial charge in [0.15, 0.2) is 11.2 Å². The molecule has 0 fully saturated rings. The van der Waals surface area contributed by atoms with Crippen molar-refractivity contribution in [3.05, 3.63) is 87.3 Å².